The zero-order chi connectivity index (χ0) is 9.47. The summed E-state index contributed by atoms with van der Waals surface area (Å²) < 4.78 is 5.07. The van der Waals surface area contributed by atoms with Gasteiger partial charge in [0.1, 0.15) is 0 Å². The molecule has 2 aliphatic rings. The molecule has 2 aliphatic carbocycles. The van der Waals surface area contributed by atoms with Crippen LogP contribution in [0.25, 0.3) is 0 Å². The Morgan fingerprint density at radius 1 is 1.69 bits per heavy atom. The molecule has 0 aromatic heterocycles. The second-order valence-corrected chi connectivity index (χ2v) is 4.37. The van der Waals surface area contributed by atoms with Crippen LogP contribution in [0.3, 0.4) is 0 Å². The third-order valence-electron chi connectivity index (χ3n) is 3.36. The van der Waals surface area contributed by atoms with Crippen LogP contribution in [-0.2, 0) is 9.53 Å². The van der Waals surface area contributed by atoms with Gasteiger partial charge in [0.05, 0.1) is 12.5 Å². The van der Waals surface area contributed by atoms with E-state index < -0.39 is 0 Å². The van der Waals surface area contributed by atoms with Crippen molar-refractivity contribution < 1.29 is 9.53 Å². The fourth-order valence-corrected chi connectivity index (χ4v) is 2.66. The highest BCUT2D eigenvalue weighted by molar-refractivity contribution is 5.74. The standard InChI is InChI=1S/C11H16O2/c1-3-13-10(12)9-6-8-4-5-11(9,2)7-8/h4-5,8-9H,3,6-7H2,1-2H3. The second-order valence-electron chi connectivity index (χ2n) is 4.37. The van der Waals surface area contributed by atoms with Gasteiger partial charge in [-0.05, 0) is 31.1 Å². The molecule has 0 aliphatic heterocycles. The minimum absolute atomic E-state index is 0.00292. The van der Waals surface area contributed by atoms with Gasteiger partial charge in [0.15, 0.2) is 0 Å². The molecule has 3 unspecified atom stereocenters. The summed E-state index contributed by atoms with van der Waals surface area (Å²) in [6, 6.07) is 0. The summed E-state index contributed by atoms with van der Waals surface area (Å²) >= 11 is 0. The number of rotatable bonds is 2. The van der Waals surface area contributed by atoms with Crippen molar-refractivity contribution in [3.8, 4) is 0 Å². The smallest absolute Gasteiger partial charge is 0.309 e. The molecule has 0 saturated heterocycles. The molecule has 0 aromatic carbocycles. The van der Waals surface area contributed by atoms with Crippen molar-refractivity contribution in [3.05, 3.63) is 12.2 Å². The second kappa shape index (κ2) is 2.86. The number of hydrogen-bond donors (Lipinski definition) is 0. The molecular weight excluding hydrogens is 164 g/mol. The van der Waals surface area contributed by atoms with Crippen molar-refractivity contribution in [3.63, 3.8) is 0 Å². The van der Waals surface area contributed by atoms with Crippen molar-refractivity contribution in [2.75, 3.05) is 6.61 Å². The molecule has 13 heavy (non-hydrogen) atoms. The van der Waals surface area contributed by atoms with Gasteiger partial charge in [0, 0.05) is 0 Å². The maximum absolute atomic E-state index is 11.6. The number of carbonyl (C=O) groups excluding carboxylic acids is 1. The summed E-state index contributed by atoms with van der Waals surface area (Å²) in [6.07, 6.45) is 6.57. The minimum atomic E-state index is -0.00292. The lowest BCUT2D eigenvalue weighted by molar-refractivity contribution is -0.150. The monoisotopic (exact) mass is 180 g/mol. The molecule has 0 spiro atoms. The Morgan fingerprint density at radius 2 is 2.46 bits per heavy atom. The van der Waals surface area contributed by atoms with E-state index in [0.29, 0.717) is 12.5 Å². The zero-order valence-corrected chi connectivity index (χ0v) is 8.25. The molecule has 2 rings (SSSR count). The predicted molar refractivity (Wildman–Crippen MR) is 50.1 cm³/mol. The van der Waals surface area contributed by atoms with Crippen LogP contribution in [0.5, 0.6) is 0 Å². The van der Waals surface area contributed by atoms with Crippen LogP contribution >= 0.6 is 0 Å². The van der Waals surface area contributed by atoms with Gasteiger partial charge >= 0.3 is 5.97 Å². The summed E-state index contributed by atoms with van der Waals surface area (Å²) in [5.74, 6) is 0.735. The Labute approximate surface area is 79.0 Å². The van der Waals surface area contributed by atoms with E-state index in [1.54, 1.807) is 0 Å². The van der Waals surface area contributed by atoms with Gasteiger partial charge in [-0.15, -0.1) is 0 Å². The van der Waals surface area contributed by atoms with Gasteiger partial charge in [-0.25, -0.2) is 0 Å². The molecule has 0 heterocycles. The molecule has 2 heteroatoms. The lowest BCUT2D eigenvalue weighted by Crippen LogP contribution is -2.28. The number of allylic oxidation sites excluding steroid dienone is 2. The Hall–Kier alpha value is -0.790. The zero-order valence-electron chi connectivity index (χ0n) is 8.25. The highest BCUT2D eigenvalue weighted by Crippen LogP contribution is 2.53. The Bertz CT molecular complexity index is 257. The van der Waals surface area contributed by atoms with Gasteiger partial charge in [-0.2, -0.15) is 0 Å². The first-order valence-electron chi connectivity index (χ1n) is 5.02. The highest BCUT2D eigenvalue weighted by Gasteiger charge is 2.49. The van der Waals surface area contributed by atoms with Crippen LogP contribution in [-0.4, -0.2) is 12.6 Å². The van der Waals surface area contributed by atoms with Crippen molar-refractivity contribution in [2.45, 2.75) is 26.7 Å². The summed E-state index contributed by atoms with van der Waals surface area (Å²) in [7, 11) is 0. The average Bonchev–Trinajstić information content (AvgIpc) is 2.59. The van der Waals surface area contributed by atoms with E-state index in [1.165, 1.54) is 0 Å². The molecule has 1 fully saturated rings. The van der Waals surface area contributed by atoms with Crippen LogP contribution < -0.4 is 0 Å². The van der Waals surface area contributed by atoms with Gasteiger partial charge < -0.3 is 4.74 Å². The van der Waals surface area contributed by atoms with Crippen molar-refractivity contribution in [1.29, 1.82) is 0 Å². The normalized spacial score (nSPS) is 41.1. The van der Waals surface area contributed by atoms with Crippen molar-refractivity contribution in [2.24, 2.45) is 17.3 Å². The molecule has 3 atom stereocenters. The number of hydrogen-bond acceptors (Lipinski definition) is 2. The summed E-state index contributed by atoms with van der Waals surface area (Å²) in [6.45, 7) is 4.53. The molecule has 0 radical (unpaired) electrons. The average molecular weight is 180 g/mol. The molecule has 2 nitrogen and oxygen atoms in total. The van der Waals surface area contributed by atoms with Crippen molar-refractivity contribution in [1.82, 2.24) is 0 Å². The molecule has 0 aromatic rings. The summed E-state index contributed by atoms with van der Waals surface area (Å²) in [5, 5.41) is 0. The minimum Gasteiger partial charge on any atom is -0.466 e. The lowest BCUT2D eigenvalue weighted by atomic mass is 9.80. The van der Waals surface area contributed by atoms with E-state index in [4.69, 9.17) is 4.74 Å². The number of fused-ring (bicyclic) bond motifs is 2. The van der Waals surface area contributed by atoms with Gasteiger partial charge in [0.2, 0.25) is 0 Å². The van der Waals surface area contributed by atoms with E-state index in [2.05, 4.69) is 19.1 Å². The maximum Gasteiger partial charge on any atom is 0.309 e. The van der Waals surface area contributed by atoms with E-state index in [9.17, 15) is 4.79 Å². The maximum atomic E-state index is 11.6. The van der Waals surface area contributed by atoms with E-state index in [-0.39, 0.29) is 17.3 Å². The number of ether oxygens (including phenoxy) is 1. The lowest BCUT2D eigenvalue weighted by Gasteiger charge is -2.25. The third kappa shape index (κ3) is 1.28. The molecule has 0 N–H and O–H groups in total. The highest BCUT2D eigenvalue weighted by atomic mass is 16.5. The van der Waals surface area contributed by atoms with E-state index in [1.807, 2.05) is 6.92 Å². The first kappa shape index (κ1) is 8.79. The molecule has 0 amide bonds. The fourth-order valence-electron chi connectivity index (χ4n) is 2.66. The van der Waals surface area contributed by atoms with E-state index >= 15 is 0 Å². The van der Waals surface area contributed by atoms with Gasteiger partial charge in [-0.3, -0.25) is 4.79 Å². The predicted octanol–water partition coefficient (Wildman–Crippen LogP) is 2.15. The SMILES string of the molecule is CCOC(=O)C1CC2C=CC1(C)C2. The van der Waals surface area contributed by atoms with Gasteiger partial charge in [0.25, 0.3) is 0 Å². The quantitative estimate of drug-likeness (QED) is 0.481. The number of esters is 1. The first-order chi connectivity index (χ1) is 6.15. The van der Waals surface area contributed by atoms with Crippen LogP contribution in [0.15, 0.2) is 12.2 Å². The summed E-state index contributed by atoms with van der Waals surface area (Å²) in [4.78, 5) is 11.6. The Morgan fingerprint density at radius 3 is 2.92 bits per heavy atom. The van der Waals surface area contributed by atoms with Gasteiger partial charge in [-0.1, -0.05) is 19.1 Å². The van der Waals surface area contributed by atoms with Crippen molar-refractivity contribution >= 4 is 5.97 Å². The Kier molecular flexibility index (Phi) is 1.94. The van der Waals surface area contributed by atoms with Crippen LogP contribution in [0, 0.1) is 17.3 Å². The van der Waals surface area contributed by atoms with Crippen LogP contribution in [0.4, 0.5) is 0 Å². The molecule has 2 bridgehead atoms. The topological polar surface area (TPSA) is 26.3 Å². The molecule has 72 valence electrons. The molecule has 1 saturated carbocycles. The van der Waals surface area contributed by atoms with E-state index in [0.717, 1.165) is 12.8 Å². The third-order valence-corrected chi connectivity index (χ3v) is 3.36. The Balaban J connectivity index is 2.10. The number of carbonyl (C=O) groups is 1. The first-order valence-corrected chi connectivity index (χ1v) is 5.02. The fraction of sp³-hybridized carbons (Fsp3) is 0.727. The van der Waals surface area contributed by atoms with Crippen LogP contribution in [0.1, 0.15) is 26.7 Å². The summed E-state index contributed by atoms with van der Waals surface area (Å²) in [5.41, 5.74) is 0.0942. The van der Waals surface area contributed by atoms with Crippen LogP contribution in [0.2, 0.25) is 0 Å². The largest absolute Gasteiger partial charge is 0.466 e. The molecular formula is C11H16O2.